The zero-order valence-corrected chi connectivity index (χ0v) is 20.7. The van der Waals surface area contributed by atoms with Crippen LogP contribution in [0.15, 0.2) is 42.2 Å². The van der Waals surface area contributed by atoms with Gasteiger partial charge < -0.3 is 14.5 Å². The van der Waals surface area contributed by atoms with Crippen molar-refractivity contribution in [1.82, 2.24) is 24.6 Å². The maximum Gasteiger partial charge on any atom is 0.263 e. The fourth-order valence-electron chi connectivity index (χ4n) is 4.91. The Morgan fingerprint density at radius 1 is 1.15 bits per heavy atom. The summed E-state index contributed by atoms with van der Waals surface area (Å²) >= 11 is 1.46. The van der Waals surface area contributed by atoms with Crippen LogP contribution in [0.2, 0.25) is 0 Å². The molecular formula is C25H29N5O3S. The summed E-state index contributed by atoms with van der Waals surface area (Å²) in [5.41, 5.74) is 2.74. The molecule has 2 aromatic heterocycles. The van der Waals surface area contributed by atoms with Crippen molar-refractivity contribution in [3.05, 3.63) is 58.9 Å². The quantitative estimate of drug-likeness (QED) is 0.539. The van der Waals surface area contributed by atoms with Gasteiger partial charge >= 0.3 is 0 Å². The molecule has 9 heteroatoms. The van der Waals surface area contributed by atoms with E-state index in [1.54, 1.807) is 23.3 Å². The number of nitrogens with zero attached hydrogens (tertiary/aromatic N) is 5. The average molecular weight is 480 g/mol. The molecule has 2 amide bonds. The monoisotopic (exact) mass is 479 g/mol. The van der Waals surface area contributed by atoms with Gasteiger partial charge in [-0.2, -0.15) is 5.10 Å². The van der Waals surface area contributed by atoms with Crippen molar-refractivity contribution in [1.29, 1.82) is 0 Å². The number of amides is 2. The highest BCUT2D eigenvalue weighted by Crippen LogP contribution is 2.34. The lowest BCUT2D eigenvalue weighted by Gasteiger charge is -2.35. The number of fused-ring (bicyclic) bond motifs is 2. The van der Waals surface area contributed by atoms with Crippen LogP contribution in [0.25, 0.3) is 5.13 Å². The van der Waals surface area contributed by atoms with E-state index in [1.165, 1.54) is 11.3 Å². The third-order valence-electron chi connectivity index (χ3n) is 6.67. The summed E-state index contributed by atoms with van der Waals surface area (Å²) in [6, 6.07) is 6.18. The maximum absolute atomic E-state index is 13.3. The van der Waals surface area contributed by atoms with Gasteiger partial charge in [-0.25, -0.2) is 9.67 Å². The highest BCUT2D eigenvalue weighted by molar-refractivity contribution is 7.12. The van der Waals surface area contributed by atoms with Crippen LogP contribution in [0.4, 0.5) is 0 Å². The second-order valence-electron chi connectivity index (χ2n) is 9.44. The van der Waals surface area contributed by atoms with Crippen LogP contribution in [-0.2, 0) is 4.79 Å². The van der Waals surface area contributed by atoms with E-state index in [4.69, 9.17) is 4.74 Å². The number of aromatic nitrogens is 3. The predicted molar refractivity (Wildman–Crippen MR) is 130 cm³/mol. The van der Waals surface area contributed by atoms with Gasteiger partial charge in [-0.1, -0.05) is 26.0 Å². The van der Waals surface area contributed by atoms with Crippen LogP contribution < -0.4 is 4.74 Å². The van der Waals surface area contributed by atoms with Gasteiger partial charge in [-0.05, 0) is 43.4 Å². The van der Waals surface area contributed by atoms with Crippen molar-refractivity contribution in [2.75, 3.05) is 13.1 Å². The number of aryl methyl sites for hydroxylation is 1. The van der Waals surface area contributed by atoms with Gasteiger partial charge in [-0.15, -0.1) is 11.3 Å². The zero-order valence-electron chi connectivity index (χ0n) is 19.8. The molecule has 4 heterocycles. The minimum absolute atomic E-state index is 0.0158. The van der Waals surface area contributed by atoms with E-state index in [-0.39, 0.29) is 23.9 Å². The Bertz CT molecular complexity index is 1210. The molecule has 5 rings (SSSR count). The molecule has 2 fully saturated rings. The van der Waals surface area contributed by atoms with Crippen molar-refractivity contribution in [3.63, 3.8) is 0 Å². The SMILES string of the molecule is Cc1ccc(C(C)C)c(OC(C)C(=O)N2C[C@@H]3C[C@H]2CN3C(=O)c2cnn(-c3nccs3)c2)c1. The van der Waals surface area contributed by atoms with Gasteiger partial charge in [0.1, 0.15) is 5.75 Å². The molecule has 0 spiro atoms. The summed E-state index contributed by atoms with van der Waals surface area (Å²) in [6.07, 6.45) is 5.23. The summed E-state index contributed by atoms with van der Waals surface area (Å²) in [5, 5.41) is 6.88. The van der Waals surface area contributed by atoms with E-state index in [1.807, 2.05) is 35.1 Å². The van der Waals surface area contributed by atoms with Gasteiger partial charge in [0.2, 0.25) is 5.13 Å². The Labute approximate surface area is 203 Å². The summed E-state index contributed by atoms with van der Waals surface area (Å²) in [5.74, 6) is 1.01. The van der Waals surface area contributed by atoms with Crippen LogP contribution in [-0.4, -0.2) is 67.7 Å². The van der Waals surface area contributed by atoms with E-state index in [0.29, 0.717) is 24.6 Å². The number of hydrogen-bond acceptors (Lipinski definition) is 6. The highest BCUT2D eigenvalue weighted by atomic mass is 32.1. The van der Waals surface area contributed by atoms with Gasteiger partial charge in [0.05, 0.1) is 23.8 Å². The first kappa shape index (κ1) is 22.6. The first-order chi connectivity index (χ1) is 16.3. The largest absolute Gasteiger partial charge is 0.481 e. The first-order valence-corrected chi connectivity index (χ1v) is 12.5. The third-order valence-corrected chi connectivity index (χ3v) is 7.43. The molecule has 34 heavy (non-hydrogen) atoms. The smallest absolute Gasteiger partial charge is 0.263 e. The van der Waals surface area contributed by atoms with Crippen LogP contribution in [0.1, 0.15) is 54.6 Å². The molecule has 1 unspecified atom stereocenters. The Kier molecular flexibility index (Phi) is 5.89. The minimum atomic E-state index is -0.584. The van der Waals surface area contributed by atoms with Gasteiger partial charge in [0.25, 0.3) is 11.8 Å². The van der Waals surface area contributed by atoms with Gasteiger partial charge in [-0.3, -0.25) is 9.59 Å². The van der Waals surface area contributed by atoms with Crippen molar-refractivity contribution in [2.45, 2.75) is 58.2 Å². The summed E-state index contributed by atoms with van der Waals surface area (Å²) in [4.78, 5) is 34.4. The lowest BCUT2D eigenvalue weighted by atomic mass is 10.0. The molecule has 0 aliphatic carbocycles. The topological polar surface area (TPSA) is 80.6 Å². The van der Waals surface area contributed by atoms with E-state index >= 15 is 0 Å². The van der Waals surface area contributed by atoms with Crippen molar-refractivity contribution < 1.29 is 14.3 Å². The molecule has 2 saturated heterocycles. The Morgan fingerprint density at radius 2 is 1.91 bits per heavy atom. The lowest BCUT2D eigenvalue weighted by molar-refractivity contribution is -0.140. The summed E-state index contributed by atoms with van der Waals surface area (Å²) in [7, 11) is 0. The second kappa shape index (κ2) is 8.87. The first-order valence-electron chi connectivity index (χ1n) is 11.6. The molecule has 1 aromatic carbocycles. The molecular weight excluding hydrogens is 450 g/mol. The second-order valence-corrected chi connectivity index (χ2v) is 10.3. The molecule has 3 atom stereocenters. The molecule has 2 aliphatic heterocycles. The van der Waals surface area contributed by atoms with E-state index in [9.17, 15) is 9.59 Å². The highest BCUT2D eigenvalue weighted by Gasteiger charge is 2.48. The van der Waals surface area contributed by atoms with Gasteiger partial charge in [0.15, 0.2) is 6.10 Å². The van der Waals surface area contributed by atoms with E-state index < -0.39 is 6.10 Å². The Hall–Kier alpha value is -3.20. The van der Waals surface area contributed by atoms with Gasteiger partial charge in [0, 0.05) is 30.9 Å². The van der Waals surface area contributed by atoms with Crippen LogP contribution >= 0.6 is 11.3 Å². The number of ether oxygens (including phenoxy) is 1. The number of carbonyl (C=O) groups is 2. The van der Waals surface area contributed by atoms with E-state index in [0.717, 1.165) is 28.4 Å². The van der Waals surface area contributed by atoms with E-state index in [2.05, 4.69) is 36.1 Å². The number of thiazole rings is 1. The molecule has 2 bridgehead atoms. The zero-order chi connectivity index (χ0) is 24.0. The molecule has 0 N–H and O–H groups in total. The number of likely N-dealkylation sites (tertiary alicyclic amines) is 2. The summed E-state index contributed by atoms with van der Waals surface area (Å²) in [6.45, 7) is 9.15. The molecule has 2 aliphatic rings. The number of hydrogen-bond donors (Lipinski definition) is 0. The molecule has 0 saturated carbocycles. The Morgan fingerprint density at radius 3 is 2.59 bits per heavy atom. The Balaban J connectivity index is 1.23. The van der Waals surface area contributed by atoms with Crippen LogP contribution in [0.5, 0.6) is 5.75 Å². The minimum Gasteiger partial charge on any atom is -0.481 e. The standard InChI is InChI=1S/C25H29N5O3S/c1-15(2)21-6-5-16(3)9-22(21)33-17(4)23(31)28-13-20-10-19(28)14-29(20)24(32)18-11-27-30(12-18)25-26-7-8-34-25/h5-9,11-12,15,17,19-20H,10,13-14H2,1-4H3/t17?,19-,20-/m0/s1. The molecule has 178 valence electrons. The molecule has 0 radical (unpaired) electrons. The fourth-order valence-corrected chi connectivity index (χ4v) is 5.49. The maximum atomic E-state index is 13.3. The molecule has 8 nitrogen and oxygen atoms in total. The predicted octanol–water partition coefficient (Wildman–Crippen LogP) is 3.65. The molecule has 3 aromatic rings. The summed E-state index contributed by atoms with van der Waals surface area (Å²) < 4.78 is 7.79. The number of benzene rings is 1. The van der Waals surface area contributed by atoms with Crippen molar-refractivity contribution >= 4 is 23.2 Å². The van der Waals surface area contributed by atoms with Crippen molar-refractivity contribution in [3.8, 4) is 10.9 Å². The van der Waals surface area contributed by atoms with Crippen LogP contribution in [0, 0.1) is 6.92 Å². The average Bonchev–Trinajstić information content (AvgIpc) is 3.61. The fraction of sp³-hybridized carbons (Fsp3) is 0.440. The number of rotatable bonds is 6. The third kappa shape index (κ3) is 4.09. The number of carbonyl (C=O) groups excluding carboxylic acids is 2. The lowest BCUT2D eigenvalue weighted by Crippen LogP contribution is -2.53. The van der Waals surface area contributed by atoms with Crippen molar-refractivity contribution in [2.24, 2.45) is 0 Å². The normalized spacial score (nSPS) is 20.3. The number of piperazine rings is 1. The van der Waals surface area contributed by atoms with Crippen LogP contribution in [0.3, 0.4) is 0 Å².